The number of imide groups is 1. The molecule has 0 saturated heterocycles. The number of hydrogen-bond donors (Lipinski definition) is 1. The summed E-state index contributed by atoms with van der Waals surface area (Å²) < 4.78 is 1.00. The van der Waals surface area contributed by atoms with Crippen molar-refractivity contribution in [2.45, 2.75) is 13.3 Å². The molecule has 3 aromatic rings. The van der Waals surface area contributed by atoms with Gasteiger partial charge in [0.05, 0.1) is 21.3 Å². The van der Waals surface area contributed by atoms with E-state index in [9.17, 15) is 14.4 Å². The number of nitrogens with one attached hydrogen (secondary N) is 1. The molecule has 1 aromatic heterocycles. The molecule has 1 N–H and O–H groups in total. The summed E-state index contributed by atoms with van der Waals surface area (Å²) in [6, 6.07) is 10.5. The van der Waals surface area contributed by atoms with Gasteiger partial charge in [0.1, 0.15) is 0 Å². The summed E-state index contributed by atoms with van der Waals surface area (Å²) in [6.07, 6.45) is 2.42. The van der Waals surface area contributed by atoms with Crippen molar-refractivity contribution >= 4 is 44.4 Å². The maximum atomic E-state index is 12.6. The first-order valence-corrected chi connectivity index (χ1v) is 9.65. The molecule has 140 valence electrons. The van der Waals surface area contributed by atoms with E-state index < -0.39 is 5.91 Å². The number of thiazole rings is 1. The van der Waals surface area contributed by atoms with Crippen LogP contribution in [-0.4, -0.2) is 34.2 Å². The van der Waals surface area contributed by atoms with Gasteiger partial charge in [-0.1, -0.05) is 30.4 Å². The Morgan fingerprint density at radius 3 is 2.71 bits per heavy atom. The predicted octanol–water partition coefficient (Wildman–Crippen LogP) is 3.89. The first-order chi connectivity index (χ1) is 13.5. The molecule has 28 heavy (non-hydrogen) atoms. The largest absolute Gasteiger partial charge is 0.298 e. The Morgan fingerprint density at radius 2 is 1.96 bits per heavy atom. The Balaban J connectivity index is 1.59. The van der Waals surface area contributed by atoms with Crippen LogP contribution in [0.5, 0.6) is 0 Å². The molecular formula is C21H17N3O3S. The standard InChI is InChI=1S/C21H17N3O3S/c1-3-9-24-19(26)14-7-6-13(11-15(14)20(24)27)18(25)23-21-22-16-8-5-12(4-2)10-17(16)28-21/h3,5-8,10-11H,1,4,9H2,2H3,(H,22,23,25). The quantitative estimate of drug-likeness (QED) is 0.529. The van der Waals surface area contributed by atoms with Gasteiger partial charge in [0.2, 0.25) is 0 Å². The number of carbonyl (C=O) groups is 3. The third-order valence-electron chi connectivity index (χ3n) is 4.63. The van der Waals surface area contributed by atoms with Gasteiger partial charge in [-0.2, -0.15) is 0 Å². The minimum absolute atomic E-state index is 0.138. The second-order valence-electron chi connectivity index (χ2n) is 6.40. The van der Waals surface area contributed by atoms with Crippen molar-refractivity contribution in [3.8, 4) is 0 Å². The Kier molecular flexibility index (Phi) is 4.52. The molecule has 0 fully saturated rings. The molecule has 0 radical (unpaired) electrons. The molecular weight excluding hydrogens is 374 g/mol. The predicted molar refractivity (Wildman–Crippen MR) is 109 cm³/mol. The summed E-state index contributed by atoms with van der Waals surface area (Å²) in [6.45, 7) is 5.78. The van der Waals surface area contributed by atoms with Crippen LogP contribution in [0.15, 0.2) is 49.1 Å². The lowest BCUT2D eigenvalue weighted by Gasteiger charge is -2.09. The van der Waals surface area contributed by atoms with Crippen LogP contribution in [0.4, 0.5) is 5.13 Å². The van der Waals surface area contributed by atoms with E-state index in [2.05, 4.69) is 29.9 Å². The molecule has 0 spiro atoms. The van der Waals surface area contributed by atoms with Crippen LogP contribution in [0.25, 0.3) is 10.2 Å². The molecule has 3 amide bonds. The zero-order valence-electron chi connectivity index (χ0n) is 15.2. The van der Waals surface area contributed by atoms with Gasteiger partial charge in [-0.05, 0) is 42.3 Å². The summed E-state index contributed by atoms with van der Waals surface area (Å²) in [5, 5.41) is 3.27. The van der Waals surface area contributed by atoms with Gasteiger partial charge in [-0.15, -0.1) is 6.58 Å². The van der Waals surface area contributed by atoms with Gasteiger partial charge < -0.3 is 0 Å². The van der Waals surface area contributed by atoms with E-state index in [4.69, 9.17) is 0 Å². The van der Waals surface area contributed by atoms with Crippen LogP contribution in [0, 0.1) is 0 Å². The average molecular weight is 391 g/mol. The fourth-order valence-corrected chi connectivity index (χ4v) is 4.06. The highest BCUT2D eigenvalue weighted by atomic mass is 32.1. The van der Waals surface area contributed by atoms with Crippen molar-refractivity contribution in [3.05, 3.63) is 71.3 Å². The van der Waals surface area contributed by atoms with E-state index >= 15 is 0 Å². The molecule has 0 unspecified atom stereocenters. The van der Waals surface area contributed by atoms with Gasteiger partial charge >= 0.3 is 0 Å². The number of aromatic nitrogens is 1. The van der Waals surface area contributed by atoms with Crippen LogP contribution in [0.2, 0.25) is 0 Å². The van der Waals surface area contributed by atoms with Crippen molar-refractivity contribution in [3.63, 3.8) is 0 Å². The number of benzene rings is 2. The number of nitrogens with zero attached hydrogens (tertiary/aromatic N) is 2. The highest BCUT2D eigenvalue weighted by molar-refractivity contribution is 7.22. The van der Waals surface area contributed by atoms with Gasteiger partial charge in [-0.25, -0.2) is 4.98 Å². The number of aryl methyl sites for hydroxylation is 1. The summed E-state index contributed by atoms with van der Waals surface area (Å²) in [5.74, 6) is -1.16. The summed E-state index contributed by atoms with van der Waals surface area (Å²) in [4.78, 5) is 42.9. The summed E-state index contributed by atoms with van der Waals surface area (Å²) >= 11 is 1.40. The number of rotatable bonds is 5. The zero-order valence-corrected chi connectivity index (χ0v) is 16.0. The van der Waals surface area contributed by atoms with Gasteiger partial charge in [0.15, 0.2) is 5.13 Å². The second kappa shape index (κ2) is 7.01. The second-order valence-corrected chi connectivity index (χ2v) is 7.43. The van der Waals surface area contributed by atoms with Gasteiger partial charge in [0, 0.05) is 12.1 Å². The van der Waals surface area contributed by atoms with Crippen LogP contribution >= 0.6 is 11.3 Å². The maximum absolute atomic E-state index is 12.6. The third-order valence-corrected chi connectivity index (χ3v) is 5.56. The number of fused-ring (bicyclic) bond motifs is 2. The first kappa shape index (κ1) is 18.1. The van der Waals surface area contributed by atoms with Crippen molar-refractivity contribution in [2.24, 2.45) is 0 Å². The minimum atomic E-state index is -0.415. The monoisotopic (exact) mass is 391 g/mol. The summed E-state index contributed by atoms with van der Waals surface area (Å²) in [5.41, 5.74) is 2.87. The lowest BCUT2D eigenvalue weighted by atomic mass is 10.1. The first-order valence-electron chi connectivity index (χ1n) is 8.83. The molecule has 0 saturated carbocycles. The van der Waals surface area contributed by atoms with E-state index in [-0.39, 0.29) is 23.9 Å². The molecule has 7 heteroatoms. The molecule has 1 aliphatic rings. The van der Waals surface area contributed by atoms with E-state index in [0.717, 1.165) is 21.5 Å². The Morgan fingerprint density at radius 1 is 1.18 bits per heavy atom. The fraction of sp³-hybridized carbons (Fsp3) is 0.143. The van der Waals surface area contributed by atoms with E-state index in [0.29, 0.717) is 16.3 Å². The SMILES string of the molecule is C=CCN1C(=O)c2ccc(C(=O)Nc3nc4ccc(CC)cc4s3)cc2C1=O. The van der Waals surface area contributed by atoms with Gasteiger partial charge in [0.25, 0.3) is 17.7 Å². The lowest BCUT2D eigenvalue weighted by molar-refractivity contribution is 0.0672. The highest BCUT2D eigenvalue weighted by Crippen LogP contribution is 2.28. The fourth-order valence-electron chi connectivity index (χ4n) is 3.14. The summed E-state index contributed by atoms with van der Waals surface area (Å²) in [7, 11) is 0. The van der Waals surface area contributed by atoms with E-state index in [1.807, 2.05) is 12.1 Å². The highest BCUT2D eigenvalue weighted by Gasteiger charge is 2.35. The molecule has 6 nitrogen and oxygen atoms in total. The molecule has 2 heterocycles. The Bertz CT molecular complexity index is 1150. The van der Waals surface area contributed by atoms with Crippen LogP contribution in [0.3, 0.4) is 0 Å². The molecule has 4 rings (SSSR count). The number of amides is 3. The molecule has 0 atom stereocenters. The molecule has 2 aromatic carbocycles. The molecule has 0 bridgehead atoms. The van der Waals surface area contributed by atoms with Crippen LogP contribution in [0.1, 0.15) is 43.6 Å². The number of anilines is 1. The average Bonchev–Trinajstić information content (AvgIpc) is 3.21. The van der Waals surface area contributed by atoms with Gasteiger partial charge in [-0.3, -0.25) is 24.6 Å². The smallest absolute Gasteiger partial charge is 0.261 e. The normalized spacial score (nSPS) is 13.1. The zero-order chi connectivity index (χ0) is 19.8. The minimum Gasteiger partial charge on any atom is -0.298 e. The number of carbonyl (C=O) groups excluding carboxylic acids is 3. The van der Waals surface area contributed by atoms with Crippen molar-refractivity contribution in [1.29, 1.82) is 0 Å². The lowest BCUT2D eigenvalue weighted by Crippen LogP contribution is -2.29. The van der Waals surface area contributed by atoms with Crippen molar-refractivity contribution in [1.82, 2.24) is 9.88 Å². The number of hydrogen-bond acceptors (Lipinski definition) is 5. The van der Waals surface area contributed by atoms with Crippen molar-refractivity contribution < 1.29 is 14.4 Å². The van der Waals surface area contributed by atoms with E-state index in [1.54, 1.807) is 6.07 Å². The third kappa shape index (κ3) is 2.99. The Hall–Kier alpha value is -3.32. The topological polar surface area (TPSA) is 79.4 Å². The maximum Gasteiger partial charge on any atom is 0.261 e. The van der Waals surface area contributed by atoms with E-state index in [1.165, 1.54) is 35.1 Å². The molecule has 1 aliphatic heterocycles. The Labute approximate surface area is 165 Å². The van der Waals surface area contributed by atoms with Crippen LogP contribution in [-0.2, 0) is 6.42 Å². The molecule has 0 aliphatic carbocycles. The van der Waals surface area contributed by atoms with Crippen LogP contribution < -0.4 is 5.32 Å². The van der Waals surface area contributed by atoms with Crippen molar-refractivity contribution in [2.75, 3.05) is 11.9 Å².